The second-order valence-corrected chi connectivity index (χ2v) is 6.23. The van der Waals surface area contributed by atoms with Gasteiger partial charge in [-0.2, -0.15) is 0 Å². The van der Waals surface area contributed by atoms with Crippen LogP contribution in [0.25, 0.3) is 0 Å². The van der Waals surface area contributed by atoms with Crippen molar-refractivity contribution >= 4 is 28.9 Å². The van der Waals surface area contributed by atoms with Gasteiger partial charge in [-0.1, -0.05) is 53.5 Å². The number of halogens is 2. The molecule has 110 valence electrons. The van der Waals surface area contributed by atoms with Crippen molar-refractivity contribution < 1.29 is 0 Å². The van der Waals surface area contributed by atoms with E-state index in [1.165, 1.54) is 5.56 Å². The van der Waals surface area contributed by atoms with Crippen LogP contribution in [0.1, 0.15) is 5.56 Å². The van der Waals surface area contributed by atoms with Crippen LogP contribution >= 0.6 is 23.2 Å². The van der Waals surface area contributed by atoms with Gasteiger partial charge in [0.1, 0.15) is 0 Å². The quantitative estimate of drug-likeness (QED) is 0.919. The average molecular weight is 321 g/mol. The van der Waals surface area contributed by atoms with Crippen LogP contribution in [-0.2, 0) is 6.42 Å². The maximum atomic E-state index is 6.32. The van der Waals surface area contributed by atoms with E-state index in [1.54, 1.807) is 0 Å². The minimum Gasteiger partial charge on any atom is -0.367 e. The van der Waals surface area contributed by atoms with Gasteiger partial charge in [-0.25, -0.2) is 0 Å². The Bertz CT molecular complexity index is 601. The molecule has 0 aromatic heterocycles. The Balaban J connectivity index is 1.72. The van der Waals surface area contributed by atoms with Crippen LogP contribution in [0.3, 0.4) is 0 Å². The first-order valence-corrected chi connectivity index (χ1v) is 7.95. The molecule has 4 heteroatoms. The SMILES string of the molecule is Clc1ccc(Cl)c(N2CCNC(Cc3ccccc3)C2)c1. The minimum atomic E-state index is 0.427. The predicted molar refractivity (Wildman–Crippen MR) is 90.6 cm³/mol. The summed E-state index contributed by atoms with van der Waals surface area (Å²) in [7, 11) is 0. The van der Waals surface area contributed by atoms with Crippen molar-refractivity contribution in [1.29, 1.82) is 0 Å². The van der Waals surface area contributed by atoms with Gasteiger partial charge in [0.25, 0.3) is 0 Å². The molecule has 1 N–H and O–H groups in total. The Kier molecular flexibility index (Phi) is 4.69. The molecule has 0 bridgehead atoms. The molecular weight excluding hydrogens is 303 g/mol. The van der Waals surface area contributed by atoms with Gasteiger partial charge in [0.05, 0.1) is 10.7 Å². The molecule has 1 saturated heterocycles. The summed E-state index contributed by atoms with van der Waals surface area (Å²) >= 11 is 12.4. The van der Waals surface area contributed by atoms with E-state index in [-0.39, 0.29) is 0 Å². The highest BCUT2D eigenvalue weighted by Crippen LogP contribution is 2.29. The van der Waals surface area contributed by atoms with E-state index in [9.17, 15) is 0 Å². The van der Waals surface area contributed by atoms with E-state index in [2.05, 4.69) is 40.5 Å². The first-order valence-electron chi connectivity index (χ1n) is 7.20. The number of hydrogen-bond donors (Lipinski definition) is 1. The van der Waals surface area contributed by atoms with Gasteiger partial charge in [-0.3, -0.25) is 0 Å². The number of nitrogens with one attached hydrogen (secondary N) is 1. The molecular formula is C17H18Cl2N2. The zero-order valence-electron chi connectivity index (χ0n) is 11.7. The van der Waals surface area contributed by atoms with Crippen molar-refractivity contribution in [2.45, 2.75) is 12.5 Å². The van der Waals surface area contributed by atoms with Crippen molar-refractivity contribution in [3.63, 3.8) is 0 Å². The fraction of sp³-hybridized carbons (Fsp3) is 0.294. The third-order valence-corrected chi connectivity index (χ3v) is 4.38. The number of anilines is 1. The number of nitrogens with zero attached hydrogens (tertiary/aromatic N) is 1. The lowest BCUT2D eigenvalue weighted by Crippen LogP contribution is -2.51. The van der Waals surface area contributed by atoms with Crippen LogP contribution in [-0.4, -0.2) is 25.7 Å². The fourth-order valence-electron chi connectivity index (χ4n) is 2.81. The van der Waals surface area contributed by atoms with E-state index in [0.29, 0.717) is 6.04 Å². The zero-order chi connectivity index (χ0) is 14.7. The summed E-state index contributed by atoms with van der Waals surface area (Å²) in [5.74, 6) is 0. The van der Waals surface area contributed by atoms with E-state index < -0.39 is 0 Å². The highest BCUT2D eigenvalue weighted by molar-refractivity contribution is 6.35. The van der Waals surface area contributed by atoms with Crippen LogP contribution < -0.4 is 10.2 Å². The summed E-state index contributed by atoms with van der Waals surface area (Å²) in [6.07, 6.45) is 1.02. The standard InChI is InChI=1S/C17H18Cl2N2/c18-14-6-7-16(19)17(11-14)21-9-8-20-15(12-21)10-13-4-2-1-3-5-13/h1-7,11,15,20H,8-10,12H2. The lowest BCUT2D eigenvalue weighted by atomic mass is 10.0. The van der Waals surface area contributed by atoms with Crippen LogP contribution in [0.5, 0.6) is 0 Å². The number of benzene rings is 2. The van der Waals surface area contributed by atoms with Crippen LogP contribution in [0, 0.1) is 0 Å². The van der Waals surface area contributed by atoms with Gasteiger partial charge in [0.2, 0.25) is 0 Å². The summed E-state index contributed by atoms with van der Waals surface area (Å²) in [6.45, 7) is 2.85. The summed E-state index contributed by atoms with van der Waals surface area (Å²) in [5.41, 5.74) is 2.39. The predicted octanol–water partition coefficient (Wildman–Crippen LogP) is 4.01. The Morgan fingerprint density at radius 1 is 1.10 bits per heavy atom. The Morgan fingerprint density at radius 2 is 1.90 bits per heavy atom. The molecule has 2 aromatic carbocycles. The van der Waals surface area contributed by atoms with E-state index in [4.69, 9.17) is 23.2 Å². The third-order valence-electron chi connectivity index (χ3n) is 3.83. The van der Waals surface area contributed by atoms with Crippen molar-refractivity contribution in [2.24, 2.45) is 0 Å². The first kappa shape index (κ1) is 14.7. The molecule has 1 aliphatic rings. The fourth-order valence-corrected chi connectivity index (χ4v) is 3.21. The van der Waals surface area contributed by atoms with Gasteiger partial charge in [-0.15, -0.1) is 0 Å². The number of hydrogen-bond acceptors (Lipinski definition) is 2. The molecule has 1 heterocycles. The topological polar surface area (TPSA) is 15.3 Å². The van der Waals surface area contributed by atoms with Crippen LogP contribution in [0.15, 0.2) is 48.5 Å². The largest absolute Gasteiger partial charge is 0.367 e. The molecule has 2 nitrogen and oxygen atoms in total. The monoisotopic (exact) mass is 320 g/mol. The highest BCUT2D eigenvalue weighted by atomic mass is 35.5. The number of rotatable bonds is 3. The van der Waals surface area contributed by atoms with Crippen LogP contribution in [0.4, 0.5) is 5.69 Å². The van der Waals surface area contributed by atoms with Crippen molar-refractivity contribution in [3.8, 4) is 0 Å². The molecule has 3 rings (SSSR count). The molecule has 0 aliphatic carbocycles. The highest BCUT2D eigenvalue weighted by Gasteiger charge is 2.21. The van der Waals surface area contributed by atoms with Gasteiger partial charge < -0.3 is 10.2 Å². The molecule has 1 aliphatic heterocycles. The normalized spacial score (nSPS) is 18.8. The molecule has 1 fully saturated rings. The number of piperazine rings is 1. The maximum absolute atomic E-state index is 6.32. The second-order valence-electron chi connectivity index (χ2n) is 5.38. The van der Waals surface area contributed by atoms with Gasteiger partial charge >= 0.3 is 0 Å². The molecule has 1 unspecified atom stereocenters. The Labute approximate surface area is 135 Å². The summed E-state index contributed by atoms with van der Waals surface area (Å²) < 4.78 is 0. The molecule has 0 spiro atoms. The minimum absolute atomic E-state index is 0.427. The van der Waals surface area contributed by atoms with Gasteiger partial charge in [0, 0.05) is 30.7 Å². The molecule has 0 radical (unpaired) electrons. The molecule has 0 saturated carbocycles. The van der Waals surface area contributed by atoms with E-state index in [1.807, 2.05) is 18.2 Å². The summed E-state index contributed by atoms with van der Waals surface area (Å²) in [5, 5.41) is 5.08. The maximum Gasteiger partial charge on any atom is 0.0640 e. The average Bonchev–Trinajstić information content (AvgIpc) is 2.51. The van der Waals surface area contributed by atoms with Crippen molar-refractivity contribution in [3.05, 3.63) is 64.1 Å². The van der Waals surface area contributed by atoms with Gasteiger partial charge in [0.15, 0.2) is 0 Å². The Morgan fingerprint density at radius 3 is 2.71 bits per heavy atom. The molecule has 2 aromatic rings. The molecule has 0 amide bonds. The smallest absolute Gasteiger partial charge is 0.0640 e. The second kappa shape index (κ2) is 6.69. The summed E-state index contributed by atoms with van der Waals surface area (Å²) in [6, 6.07) is 16.7. The lowest BCUT2D eigenvalue weighted by Gasteiger charge is -2.36. The van der Waals surface area contributed by atoms with E-state index in [0.717, 1.165) is 41.8 Å². The van der Waals surface area contributed by atoms with Crippen molar-refractivity contribution in [1.82, 2.24) is 5.32 Å². The summed E-state index contributed by atoms with van der Waals surface area (Å²) in [4.78, 5) is 2.32. The van der Waals surface area contributed by atoms with E-state index >= 15 is 0 Å². The molecule has 21 heavy (non-hydrogen) atoms. The lowest BCUT2D eigenvalue weighted by molar-refractivity contribution is 0.455. The third kappa shape index (κ3) is 3.70. The van der Waals surface area contributed by atoms with Crippen LogP contribution in [0.2, 0.25) is 10.0 Å². The first-order chi connectivity index (χ1) is 10.2. The molecule has 1 atom stereocenters. The van der Waals surface area contributed by atoms with Gasteiger partial charge in [-0.05, 0) is 30.2 Å². The zero-order valence-corrected chi connectivity index (χ0v) is 13.2. The van der Waals surface area contributed by atoms with Crippen molar-refractivity contribution in [2.75, 3.05) is 24.5 Å². The Hall–Kier alpha value is -1.22.